The summed E-state index contributed by atoms with van der Waals surface area (Å²) in [4.78, 5) is 0. The highest BCUT2D eigenvalue weighted by Crippen LogP contribution is 2.65. The van der Waals surface area contributed by atoms with Crippen LogP contribution in [0.2, 0.25) is 0 Å². The van der Waals surface area contributed by atoms with Crippen LogP contribution in [0.5, 0.6) is 0 Å². The van der Waals surface area contributed by atoms with Gasteiger partial charge in [0.25, 0.3) is 0 Å². The van der Waals surface area contributed by atoms with Crippen LogP contribution in [-0.4, -0.2) is 0 Å². The lowest BCUT2D eigenvalue weighted by atomic mass is 9.47. The number of fused-ring (bicyclic) bond motifs is 5. The molecule has 4 rings (SSSR count). The van der Waals surface area contributed by atoms with Crippen molar-refractivity contribution in [3.05, 3.63) is 23.8 Å². The molecule has 0 spiro atoms. The van der Waals surface area contributed by atoms with Crippen LogP contribution in [0.3, 0.4) is 0 Å². The second kappa shape index (κ2) is 4.24. The third kappa shape index (κ3) is 1.66. The lowest BCUT2D eigenvalue weighted by Gasteiger charge is -2.57. The lowest BCUT2D eigenvalue weighted by molar-refractivity contribution is -0.0345. The molecule has 3 fully saturated rings. The van der Waals surface area contributed by atoms with Gasteiger partial charge in [-0.15, -0.1) is 0 Å². The van der Waals surface area contributed by atoms with Crippen molar-refractivity contribution in [3.63, 3.8) is 0 Å². The topological polar surface area (TPSA) is 0 Å². The SMILES string of the molecule is C=C1C=C2CCC3C4CCCC4(C)CCC3C2(C)CC1. The molecule has 0 aromatic carbocycles. The molecule has 0 aromatic heterocycles. The Hall–Kier alpha value is -0.520. The quantitative estimate of drug-likeness (QED) is 0.514. The van der Waals surface area contributed by atoms with Crippen molar-refractivity contribution in [1.29, 1.82) is 0 Å². The zero-order valence-electron chi connectivity index (χ0n) is 13.4. The Labute approximate surface area is 124 Å². The van der Waals surface area contributed by atoms with Crippen LogP contribution in [0, 0.1) is 28.6 Å². The number of allylic oxidation sites excluding steroid dienone is 3. The van der Waals surface area contributed by atoms with Crippen molar-refractivity contribution >= 4 is 0 Å². The monoisotopic (exact) mass is 270 g/mol. The van der Waals surface area contributed by atoms with Crippen LogP contribution in [0.15, 0.2) is 23.8 Å². The molecule has 0 aliphatic heterocycles. The fourth-order valence-electron chi connectivity index (χ4n) is 6.64. The van der Waals surface area contributed by atoms with Crippen molar-refractivity contribution < 1.29 is 0 Å². The standard InChI is InChI=1S/C20H30/c1-14-8-12-20(3)15(13-14)6-7-16-17-5-4-10-19(17,2)11-9-18(16)20/h13,16-18H,1,4-12H2,2-3H3. The van der Waals surface area contributed by atoms with Crippen molar-refractivity contribution in [1.82, 2.24) is 0 Å². The molecule has 0 saturated heterocycles. The van der Waals surface area contributed by atoms with E-state index < -0.39 is 0 Å². The predicted octanol–water partition coefficient (Wildman–Crippen LogP) is 5.90. The van der Waals surface area contributed by atoms with Crippen molar-refractivity contribution in [2.75, 3.05) is 0 Å². The molecular weight excluding hydrogens is 240 g/mol. The fourth-order valence-corrected chi connectivity index (χ4v) is 6.64. The van der Waals surface area contributed by atoms with E-state index in [1.165, 1.54) is 63.4 Å². The van der Waals surface area contributed by atoms with Crippen molar-refractivity contribution in [3.8, 4) is 0 Å². The second-order valence-corrected chi connectivity index (χ2v) is 8.75. The molecule has 0 nitrogen and oxygen atoms in total. The Kier molecular flexibility index (Phi) is 2.79. The van der Waals surface area contributed by atoms with E-state index in [0.29, 0.717) is 10.8 Å². The summed E-state index contributed by atoms with van der Waals surface area (Å²) in [6, 6.07) is 0. The number of hydrogen-bond donors (Lipinski definition) is 0. The van der Waals surface area contributed by atoms with E-state index in [2.05, 4.69) is 26.5 Å². The molecule has 0 bridgehead atoms. The van der Waals surface area contributed by atoms with E-state index in [1.54, 1.807) is 5.57 Å². The van der Waals surface area contributed by atoms with E-state index in [4.69, 9.17) is 0 Å². The molecule has 0 heterocycles. The van der Waals surface area contributed by atoms with Crippen molar-refractivity contribution in [2.24, 2.45) is 28.6 Å². The van der Waals surface area contributed by atoms with E-state index in [9.17, 15) is 0 Å². The molecule has 20 heavy (non-hydrogen) atoms. The first-order valence-electron chi connectivity index (χ1n) is 8.92. The molecule has 0 radical (unpaired) electrons. The Morgan fingerprint density at radius 1 is 1.00 bits per heavy atom. The van der Waals surface area contributed by atoms with Crippen LogP contribution in [0.1, 0.15) is 71.6 Å². The lowest BCUT2D eigenvalue weighted by Crippen LogP contribution is -2.48. The third-order valence-electron chi connectivity index (χ3n) is 7.86. The number of hydrogen-bond acceptors (Lipinski definition) is 0. The Bertz CT molecular complexity index is 470. The van der Waals surface area contributed by atoms with E-state index in [1.807, 2.05) is 0 Å². The van der Waals surface area contributed by atoms with Gasteiger partial charge in [-0.25, -0.2) is 0 Å². The van der Waals surface area contributed by atoms with Gasteiger partial charge in [-0.2, -0.15) is 0 Å². The first-order valence-corrected chi connectivity index (χ1v) is 8.92. The predicted molar refractivity (Wildman–Crippen MR) is 85.5 cm³/mol. The van der Waals surface area contributed by atoms with Crippen LogP contribution in [0.25, 0.3) is 0 Å². The van der Waals surface area contributed by atoms with Gasteiger partial charge in [0.15, 0.2) is 0 Å². The van der Waals surface area contributed by atoms with Gasteiger partial charge in [-0.3, -0.25) is 0 Å². The molecule has 5 unspecified atom stereocenters. The molecule has 0 heteroatoms. The summed E-state index contributed by atoms with van der Waals surface area (Å²) >= 11 is 0. The molecule has 0 N–H and O–H groups in total. The third-order valence-corrected chi connectivity index (χ3v) is 7.86. The highest BCUT2D eigenvalue weighted by atomic mass is 14.6. The van der Waals surface area contributed by atoms with Crippen LogP contribution < -0.4 is 0 Å². The van der Waals surface area contributed by atoms with Crippen LogP contribution in [-0.2, 0) is 0 Å². The van der Waals surface area contributed by atoms with Gasteiger partial charge in [0.05, 0.1) is 0 Å². The maximum atomic E-state index is 4.23. The summed E-state index contributed by atoms with van der Waals surface area (Å²) in [5.41, 5.74) is 4.37. The van der Waals surface area contributed by atoms with Crippen LogP contribution >= 0.6 is 0 Å². The fraction of sp³-hybridized carbons (Fsp3) is 0.800. The minimum absolute atomic E-state index is 0.522. The van der Waals surface area contributed by atoms with Gasteiger partial charge in [0.2, 0.25) is 0 Å². The minimum atomic E-state index is 0.522. The van der Waals surface area contributed by atoms with Gasteiger partial charge in [-0.1, -0.05) is 44.1 Å². The summed E-state index contributed by atoms with van der Waals surface area (Å²) in [6.07, 6.45) is 15.5. The minimum Gasteiger partial charge on any atom is -0.0958 e. The first kappa shape index (κ1) is 13.2. The molecule has 110 valence electrons. The van der Waals surface area contributed by atoms with Gasteiger partial charge in [0, 0.05) is 0 Å². The summed E-state index contributed by atoms with van der Waals surface area (Å²) in [5, 5.41) is 0. The van der Waals surface area contributed by atoms with Gasteiger partial charge in [-0.05, 0) is 80.0 Å². The first-order chi connectivity index (χ1) is 9.53. The number of rotatable bonds is 0. The molecule has 0 amide bonds. The zero-order chi connectivity index (χ0) is 14.0. The second-order valence-electron chi connectivity index (χ2n) is 8.75. The zero-order valence-corrected chi connectivity index (χ0v) is 13.4. The molecular formula is C20H30. The largest absolute Gasteiger partial charge is 0.0958 e. The smallest absolute Gasteiger partial charge is 0.00790 e. The molecule has 4 aliphatic rings. The normalized spacial score (nSPS) is 51.0. The molecule has 4 aliphatic carbocycles. The van der Waals surface area contributed by atoms with E-state index in [0.717, 1.165) is 17.8 Å². The Morgan fingerprint density at radius 2 is 1.85 bits per heavy atom. The molecule has 0 aromatic rings. The van der Waals surface area contributed by atoms with E-state index >= 15 is 0 Å². The van der Waals surface area contributed by atoms with Crippen LogP contribution in [0.4, 0.5) is 0 Å². The van der Waals surface area contributed by atoms with Gasteiger partial charge < -0.3 is 0 Å². The average Bonchev–Trinajstić information content (AvgIpc) is 2.81. The highest BCUT2D eigenvalue weighted by Gasteiger charge is 2.55. The van der Waals surface area contributed by atoms with Gasteiger partial charge >= 0.3 is 0 Å². The Morgan fingerprint density at radius 3 is 2.70 bits per heavy atom. The maximum Gasteiger partial charge on any atom is -0.00790 e. The summed E-state index contributed by atoms with van der Waals surface area (Å²) in [5.74, 6) is 3.06. The summed E-state index contributed by atoms with van der Waals surface area (Å²) < 4.78 is 0. The van der Waals surface area contributed by atoms with E-state index in [-0.39, 0.29) is 0 Å². The average molecular weight is 270 g/mol. The Balaban J connectivity index is 1.69. The highest BCUT2D eigenvalue weighted by molar-refractivity contribution is 5.33. The molecule has 3 saturated carbocycles. The van der Waals surface area contributed by atoms with Crippen molar-refractivity contribution in [2.45, 2.75) is 71.6 Å². The van der Waals surface area contributed by atoms with Gasteiger partial charge in [0.1, 0.15) is 0 Å². The maximum absolute atomic E-state index is 4.23. The molecule has 5 atom stereocenters. The summed E-state index contributed by atoms with van der Waals surface area (Å²) in [7, 11) is 0. The summed E-state index contributed by atoms with van der Waals surface area (Å²) in [6.45, 7) is 9.43.